The number of nitrogens with zero attached hydrogens (tertiary/aromatic N) is 1. The van der Waals surface area contributed by atoms with Crippen LogP contribution < -0.4 is 5.73 Å². The van der Waals surface area contributed by atoms with E-state index in [1.54, 1.807) is 11.3 Å². The van der Waals surface area contributed by atoms with Crippen molar-refractivity contribution in [3.63, 3.8) is 0 Å². The zero-order chi connectivity index (χ0) is 13.9. The standard InChI is InChI=1S/C16H18N2OS/c17-10-14(12-4-2-1-3-5-12)16(19)18-8-6-15-13(11-18)7-9-20-15/h1-5,7,9,14H,6,8,10-11,17H2. The second-order valence-electron chi connectivity index (χ2n) is 5.08. The molecular weight excluding hydrogens is 268 g/mol. The number of amides is 1. The molecule has 0 fully saturated rings. The topological polar surface area (TPSA) is 46.3 Å². The quantitative estimate of drug-likeness (QED) is 0.941. The first-order valence-electron chi connectivity index (χ1n) is 6.88. The van der Waals surface area contributed by atoms with Crippen molar-refractivity contribution in [3.05, 3.63) is 57.8 Å². The van der Waals surface area contributed by atoms with Crippen LogP contribution in [0.1, 0.15) is 21.9 Å². The third kappa shape index (κ3) is 2.49. The Hall–Kier alpha value is -1.65. The van der Waals surface area contributed by atoms with Crippen molar-refractivity contribution >= 4 is 17.2 Å². The van der Waals surface area contributed by atoms with Gasteiger partial charge in [0, 0.05) is 24.5 Å². The maximum Gasteiger partial charge on any atom is 0.231 e. The lowest BCUT2D eigenvalue weighted by Crippen LogP contribution is -2.40. The summed E-state index contributed by atoms with van der Waals surface area (Å²) in [5.41, 5.74) is 8.14. The van der Waals surface area contributed by atoms with Gasteiger partial charge in [0.2, 0.25) is 5.91 Å². The molecule has 0 radical (unpaired) electrons. The van der Waals surface area contributed by atoms with Crippen LogP contribution in [0.5, 0.6) is 0 Å². The Kier molecular flexibility index (Phi) is 3.85. The molecule has 1 aromatic heterocycles. The van der Waals surface area contributed by atoms with Crippen molar-refractivity contribution in [3.8, 4) is 0 Å². The van der Waals surface area contributed by atoms with Crippen LogP contribution >= 0.6 is 11.3 Å². The van der Waals surface area contributed by atoms with Crippen LogP contribution in [0.25, 0.3) is 0 Å². The van der Waals surface area contributed by atoms with Gasteiger partial charge in [-0.2, -0.15) is 0 Å². The largest absolute Gasteiger partial charge is 0.337 e. The van der Waals surface area contributed by atoms with Gasteiger partial charge in [0.05, 0.1) is 5.92 Å². The van der Waals surface area contributed by atoms with Gasteiger partial charge in [0.1, 0.15) is 0 Å². The molecule has 1 aliphatic rings. The van der Waals surface area contributed by atoms with Crippen molar-refractivity contribution in [2.45, 2.75) is 18.9 Å². The Bertz CT molecular complexity index is 594. The first-order valence-corrected chi connectivity index (χ1v) is 7.76. The average molecular weight is 286 g/mol. The SMILES string of the molecule is NCC(C(=O)N1CCc2sccc2C1)c1ccccc1. The number of carbonyl (C=O) groups is 1. The number of thiophene rings is 1. The molecule has 0 spiro atoms. The summed E-state index contributed by atoms with van der Waals surface area (Å²) < 4.78 is 0. The van der Waals surface area contributed by atoms with Gasteiger partial charge in [0.15, 0.2) is 0 Å². The van der Waals surface area contributed by atoms with E-state index in [0.717, 1.165) is 25.1 Å². The summed E-state index contributed by atoms with van der Waals surface area (Å²) in [5.74, 6) is -0.0769. The Morgan fingerprint density at radius 3 is 2.85 bits per heavy atom. The van der Waals surface area contributed by atoms with Crippen molar-refractivity contribution in [1.29, 1.82) is 0 Å². The molecule has 3 rings (SSSR count). The van der Waals surface area contributed by atoms with E-state index in [0.29, 0.717) is 6.54 Å². The number of fused-ring (bicyclic) bond motifs is 1. The Labute approximate surface area is 123 Å². The number of benzene rings is 1. The van der Waals surface area contributed by atoms with Gasteiger partial charge in [-0.05, 0) is 29.0 Å². The van der Waals surface area contributed by atoms with E-state index in [1.165, 1.54) is 10.4 Å². The molecule has 3 nitrogen and oxygen atoms in total. The van der Waals surface area contributed by atoms with E-state index in [-0.39, 0.29) is 11.8 Å². The van der Waals surface area contributed by atoms with Crippen molar-refractivity contribution in [1.82, 2.24) is 4.90 Å². The fourth-order valence-electron chi connectivity index (χ4n) is 2.72. The summed E-state index contributed by atoms with van der Waals surface area (Å²) in [6.07, 6.45) is 0.963. The van der Waals surface area contributed by atoms with Crippen molar-refractivity contribution < 1.29 is 4.79 Å². The highest BCUT2D eigenvalue weighted by atomic mass is 32.1. The fraction of sp³-hybridized carbons (Fsp3) is 0.312. The number of hydrogen-bond donors (Lipinski definition) is 1. The maximum atomic E-state index is 12.7. The molecule has 2 heterocycles. The second-order valence-corrected chi connectivity index (χ2v) is 6.08. The van der Waals surface area contributed by atoms with Crippen LogP contribution in [0.4, 0.5) is 0 Å². The van der Waals surface area contributed by atoms with Crippen LogP contribution in [-0.2, 0) is 17.8 Å². The summed E-state index contributed by atoms with van der Waals surface area (Å²) in [7, 11) is 0. The van der Waals surface area contributed by atoms with Crippen LogP contribution in [0, 0.1) is 0 Å². The number of nitrogens with two attached hydrogens (primary N) is 1. The molecule has 0 saturated heterocycles. The highest BCUT2D eigenvalue weighted by Crippen LogP contribution is 2.26. The molecule has 1 unspecified atom stereocenters. The van der Waals surface area contributed by atoms with Gasteiger partial charge in [-0.25, -0.2) is 0 Å². The third-order valence-corrected chi connectivity index (χ3v) is 4.88. The Morgan fingerprint density at radius 1 is 1.30 bits per heavy atom. The smallest absolute Gasteiger partial charge is 0.231 e. The minimum absolute atomic E-state index is 0.149. The maximum absolute atomic E-state index is 12.7. The van der Waals surface area contributed by atoms with Gasteiger partial charge in [0.25, 0.3) is 0 Å². The molecule has 20 heavy (non-hydrogen) atoms. The van der Waals surface area contributed by atoms with Gasteiger partial charge < -0.3 is 10.6 Å². The van der Waals surface area contributed by atoms with Crippen LogP contribution in [0.15, 0.2) is 41.8 Å². The Morgan fingerprint density at radius 2 is 2.10 bits per heavy atom. The average Bonchev–Trinajstić information content (AvgIpc) is 2.96. The van der Waals surface area contributed by atoms with Crippen molar-refractivity contribution in [2.24, 2.45) is 5.73 Å². The van der Waals surface area contributed by atoms with Gasteiger partial charge in [-0.15, -0.1) is 11.3 Å². The van der Waals surface area contributed by atoms with E-state index >= 15 is 0 Å². The lowest BCUT2D eigenvalue weighted by atomic mass is 9.96. The molecule has 1 atom stereocenters. The van der Waals surface area contributed by atoms with Gasteiger partial charge >= 0.3 is 0 Å². The molecule has 0 aliphatic carbocycles. The van der Waals surface area contributed by atoms with E-state index in [4.69, 9.17) is 5.73 Å². The molecule has 1 aromatic carbocycles. The molecule has 4 heteroatoms. The highest BCUT2D eigenvalue weighted by molar-refractivity contribution is 7.10. The van der Waals surface area contributed by atoms with E-state index in [1.807, 2.05) is 35.2 Å². The highest BCUT2D eigenvalue weighted by Gasteiger charge is 2.27. The Balaban J connectivity index is 1.78. The summed E-state index contributed by atoms with van der Waals surface area (Å²) in [5, 5.41) is 2.11. The molecule has 104 valence electrons. The lowest BCUT2D eigenvalue weighted by molar-refractivity contribution is -0.133. The molecule has 2 N–H and O–H groups in total. The molecule has 1 aliphatic heterocycles. The summed E-state index contributed by atoms with van der Waals surface area (Å²) in [6, 6.07) is 12.0. The number of rotatable bonds is 3. The second kappa shape index (κ2) is 5.77. The van der Waals surface area contributed by atoms with Gasteiger partial charge in [-0.1, -0.05) is 30.3 Å². The normalized spacial score (nSPS) is 15.8. The molecule has 2 aromatic rings. The fourth-order valence-corrected chi connectivity index (χ4v) is 3.61. The summed E-state index contributed by atoms with van der Waals surface area (Å²) in [4.78, 5) is 16.1. The predicted octanol–water partition coefficient (Wildman–Crippen LogP) is 2.38. The van der Waals surface area contributed by atoms with Crippen LogP contribution in [0.2, 0.25) is 0 Å². The molecule has 0 saturated carbocycles. The molecule has 0 bridgehead atoms. The minimum atomic E-state index is -0.226. The van der Waals surface area contributed by atoms with E-state index in [9.17, 15) is 4.79 Å². The summed E-state index contributed by atoms with van der Waals surface area (Å²) in [6.45, 7) is 1.88. The van der Waals surface area contributed by atoms with E-state index in [2.05, 4.69) is 11.4 Å². The molecule has 1 amide bonds. The predicted molar refractivity (Wildman–Crippen MR) is 81.7 cm³/mol. The third-order valence-electron chi connectivity index (χ3n) is 3.86. The van der Waals surface area contributed by atoms with Gasteiger partial charge in [-0.3, -0.25) is 4.79 Å². The zero-order valence-electron chi connectivity index (χ0n) is 11.3. The number of carbonyl (C=O) groups excluding carboxylic acids is 1. The monoisotopic (exact) mass is 286 g/mol. The van der Waals surface area contributed by atoms with Crippen LogP contribution in [0.3, 0.4) is 0 Å². The molecular formula is C16H18N2OS. The lowest BCUT2D eigenvalue weighted by Gasteiger charge is -2.30. The zero-order valence-corrected chi connectivity index (χ0v) is 12.1. The van der Waals surface area contributed by atoms with E-state index < -0.39 is 0 Å². The first kappa shape index (κ1) is 13.3. The van der Waals surface area contributed by atoms with Crippen molar-refractivity contribution in [2.75, 3.05) is 13.1 Å². The van der Waals surface area contributed by atoms with Crippen LogP contribution in [-0.4, -0.2) is 23.9 Å². The minimum Gasteiger partial charge on any atom is -0.337 e. The first-order chi connectivity index (χ1) is 9.79. The summed E-state index contributed by atoms with van der Waals surface area (Å²) >= 11 is 1.79. The number of hydrogen-bond acceptors (Lipinski definition) is 3.